The molecule has 0 N–H and O–H groups in total. The van der Waals surface area contributed by atoms with Crippen molar-refractivity contribution in [1.82, 2.24) is 0 Å². The maximum atomic E-state index is 11.4. The van der Waals surface area contributed by atoms with Gasteiger partial charge in [-0.1, -0.05) is 13.8 Å². The molecule has 0 aromatic heterocycles. The summed E-state index contributed by atoms with van der Waals surface area (Å²) >= 11 is 0. The van der Waals surface area contributed by atoms with Crippen LogP contribution in [0.5, 0.6) is 0 Å². The fraction of sp³-hybridized carbons (Fsp3) is 0.667. The van der Waals surface area contributed by atoms with Crippen LogP contribution < -0.4 is 0 Å². The van der Waals surface area contributed by atoms with Crippen LogP contribution in [-0.4, -0.2) is 24.3 Å². The molecule has 0 fully saturated rings. The molecule has 0 amide bonds. The summed E-state index contributed by atoms with van der Waals surface area (Å²) in [6.07, 6.45) is 0. The minimum atomic E-state index is -3.02. The summed E-state index contributed by atoms with van der Waals surface area (Å²) in [7, 11) is -3.02. The predicted molar refractivity (Wildman–Crippen MR) is 52.9 cm³/mol. The zero-order chi connectivity index (χ0) is 10.8. The number of rotatable bonds is 4. The third-order valence-electron chi connectivity index (χ3n) is 2.53. The minimum Gasteiger partial charge on any atom is -0.305 e. The second-order valence-electron chi connectivity index (χ2n) is 3.63. The highest BCUT2D eigenvalue weighted by molar-refractivity contribution is 7.40. The van der Waals surface area contributed by atoms with Gasteiger partial charge in [0.1, 0.15) is 16.2 Å². The molecule has 0 aliphatic carbocycles. The molecule has 0 heterocycles. The van der Waals surface area contributed by atoms with Crippen molar-refractivity contribution in [3.63, 3.8) is 0 Å². The molecule has 0 aliphatic heterocycles. The van der Waals surface area contributed by atoms with E-state index in [9.17, 15) is 14.4 Å². The minimum absolute atomic E-state index is 0.139. The van der Waals surface area contributed by atoms with Gasteiger partial charge in [-0.2, -0.15) is 0 Å². The largest absolute Gasteiger partial charge is 0.305 e. The van der Waals surface area contributed by atoms with Gasteiger partial charge in [-0.15, -0.1) is 0 Å². The molecule has 0 aromatic rings. The van der Waals surface area contributed by atoms with Crippen molar-refractivity contribution in [2.45, 2.75) is 40.2 Å². The van der Waals surface area contributed by atoms with Crippen molar-refractivity contribution in [1.29, 1.82) is 0 Å². The first kappa shape index (κ1) is 12.2. The third kappa shape index (κ3) is 1.77. The Hall–Kier alpha value is -0.773. The summed E-state index contributed by atoms with van der Waals surface area (Å²) in [6, 6.07) is 0. The van der Waals surface area contributed by atoms with Gasteiger partial charge >= 0.3 is 0 Å². The molecule has 0 bridgehead atoms. The Labute approximate surface area is 79.5 Å². The Morgan fingerprint density at radius 2 is 1.08 bits per heavy atom. The molecule has 74 valence electrons. The van der Waals surface area contributed by atoms with Gasteiger partial charge in [-0.25, -0.2) is 0 Å². The Bertz CT molecular complexity index is 220. The first-order valence-corrected chi connectivity index (χ1v) is 6.38. The van der Waals surface area contributed by atoms with Gasteiger partial charge in [0, 0.05) is 0 Å². The highest BCUT2D eigenvalue weighted by atomic mass is 28.3. The first-order valence-electron chi connectivity index (χ1n) is 4.31. The fourth-order valence-corrected chi connectivity index (χ4v) is 5.89. The van der Waals surface area contributed by atoms with E-state index in [4.69, 9.17) is 0 Å². The van der Waals surface area contributed by atoms with Crippen LogP contribution in [0.25, 0.3) is 0 Å². The molecular formula is C9H16O3Si. The van der Waals surface area contributed by atoms with E-state index in [-0.39, 0.29) is 21.8 Å². The van der Waals surface area contributed by atoms with Crippen molar-refractivity contribution in [3.8, 4) is 0 Å². The molecule has 0 spiro atoms. The SMILES string of the molecule is CC(=O)[Si](C(C)=O)(C(C)=O)C(C)C. The fourth-order valence-electron chi connectivity index (χ4n) is 1.96. The van der Waals surface area contributed by atoms with Crippen LogP contribution >= 0.6 is 0 Å². The number of hydrogen-bond donors (Lipinski definition) is 0. The zero-order valence-corrected chi connectivity index (χ0v) is 9.80. The highest BCUT2D eigenvalue weighted by Gasteiger charge is 2.51. The van der Waals surface area contributed by atoms with Crippen LogP contribution in [0.3, 0.4) is 0 Å². The van der Waals surface area contributed by atoms with Gasteiger partial charge < -0.3 is 14.4 Å². The lowest BCUT2D eigenvalue weighted by Crippen LogP contribution is -2.59. The van der Waals surface area contributed by atoms with E-state index in [0.29, 0.717) is 0 Å². The average Bonchev–Trinajstić information content (AvgIpc) is 1.82. The zero-order valence-electron chi connectivity index (χ0n) is 8.80. The van der Waals surface area contributed by atoms with Gasteiger partial charge in [-0.05, 0) is 26.3 Å². The monoisotopic (exact) mass is 200 g/mol. The molecule has 0 saturated heterocycles. The predicted octanol–water partition coefficient (Wildman–Crippen LogP) is 1.23. The summed E-state index contributed by atoms with van der Waals surface area (Å²) < 4.78 is 0. The first-order chi connectivity index (χ1) is 5.77. The van der Waals surface area contributed by atoms with E-state index < -0.39 is 8.07 Å². The van der Waals surface area contributed by atoms with Crippen LogP contribution in [0.2, 0.25) is 5.54 Å². The topological polar surface area (TPSA) is 51.2 Å². The lowest BCUT2D eigenvalue weighted by atomic mass is 10.6. The van der Waals surface area contributed by atoms with E-state index in [0.717, 1.165) is 0 Å². The Morgan fingerprint density at radius 1 is 0.846 bits per heavy atom. The van der Waals surface area contributed by atoms with Crippen molar-refractivity contribution < 1.29 is 14.4 Å². The summed E-state index contributed by atoms with van der Waals surface area (Å²) in [5.41, 5.74) is -0.139. The lowest BCUT2D eigenvalue weighted by molar-refractivity contribution is -0.118. The van der Waals surface area contributed by atoms with E-state index in [2.05, 4.69) is 0 Å². The molecule has 0 aromatic carbocycles. The van der Waals surface area contributed by atoms with Crippen LogP contribution in [-0.2, 0) is 14.4 Å². The molecular weight excluding hydrogens is 184 g/mol. The standard InChI is InChI=1S/C9H16O3Si/c1-6(2)13(7(3)10,8(4)11)9(5)12/h6H,1-5H3. The second-order valence-corrected chi connectivity index (χ2v) is 8.51. The molecule has 13 heavy (non-hydrogen) atoms. The quantitative estimate of drug-likeness (QED) is 0.641. The maximum absolute atomic E-state index is 11.4. The Morgan fingerprint density at radius 3 is 1.08 bits per heavy atom. The van der Waals surface area contributed by atoms with Crippen molar-refractivity contribution in [2.75, 3.05) is 0 Å². The maximum Gasteiger partial charge on any atom is 0.280 e. The molecule has 0 rings (SSSR count). The molecule has 0 atom stereocenters. The normalized spacial score (nSPS) is 11.5. The summed E-state index contributed by atoms with van der Waals surface area (Å²) in [6.45, 7) is 7.62. The van der Waals surface area contributed by atoms with Crippen LogP contribution in [0.4, 0.5) is 0 Å². The lowest BCUT2D eigenvalue weighted by Gasteiger charge is -2.26. The third-order valence-corrected chi connectivity index (χ3v) is 7.60. The average molecular weight is 200 g/mol. The van der Waals surface area contributed by atoms with E-state index in [1.165, 1.54) is 20.8 Å². The van der Waals surface area contributed by atoms with Crippen molar-refractivity contribution >= 4 is 24.3 Å². The van der Waals surface area contributed by atoms with Crippen molar-refractivity contribution in [3.05, 3.63) is 0 Å². The van der Waals surface area contributed by atoms with Crippen LogP contribution in [0, 0.1) is 0 Å². The molecule has 3 nitrogen and oxygen atoms in total. The number of carbonyl (C=O) groups is 3. The Balaban J connectivity index is 5.46. The number of hydrogen-bond acceptors (Lipinski definition) is 3. The molecule has 0 unspecified atom stereocenters. The van der Waals surface area contributed by atoms with E-state index in [1.807, 2.05) is 0 Å². The Kier molecular flexibility index (Phi) is 3.72. The number of carbonyl (C=O) groups excluding carboxylic acids is 3. The van der Waals surface area contributed by atoms with E-state index >= 15 is 0 Å². The smallest absolute Gasteiger partial charge is 0.280 e. The molecule has 0 radical (unpaired) electrons. The molecule has 4 heteroatoms. The van der Waals surface area contributed by atoms with Gasteiger partial charge in [0.2, 0.25) is 0 Å². The molecule has 0 saturated carbocycles. The van der Waals surface area contributed by atoms with Gasteiger partial charge in [-0.3, -0.25) is 0 Å². The van der Waals surface area contributed by atoms with E-state index in [1.54, 1.807) is 13.8 Å². The van der Waals surface area contributed by atoms with Crippen molar-refractivity contribution in [2.24, 2.45) is 0 Å². The van der Waals surface area contributed by atoms with Crippen LogP contribution in [0.1, 0.15) is 34.6 Å². The van der Waals surface area contributed by atoms with Crippen LogP contribution in [0.15, 0.2) is 0 Å². The summed E-state index contributed by atoms with van der Waals surface area (Å²) in [5, 5.41) is -0.660. The van der Waals surface area contributed by atoms with Gasteiger partial charge in [0.05, 0.1) is 0 Å². The second kappa shape index (κ2) is 3.96. The highest BCUT2D eigenvalue weighted by Crippen LogP contribution is 2.23. The van der Waals surface area contributed by atoms with Gasteiger partial charge in [0.15, 0.2) is 0 Å². The molecule has 0 aliphatic rings. The summed E-state index contributed by atoms with van der Waals surface area (Å²) in [4.78, 5) is 34.2. The summed E-state index contributed by atoms with van der Waals surface area (Å²) in [5.74, 6) is 0. The van der Waals surface area contributed by atoms with Gasteiger partial charge in [0.25, 0.3) is 8.07 Å².